The first-order chi connectivity index (χ1) is 11.0. The number of ether oxygens (including phenoxy) is 1. The van der Waals surface area contributed by atoms with Crippen LogP contribution >= 0.6 is 0 Å². The van der Waals surface area contributed by atoms with Crippen LogP contribution in [0.2, 0.25) is 0 Å². The second kappa shape index (κ2) is 7.92. The predicted octanol–water partition coefficient (Wildman–Crippen LogP) is 3.98. The van der Waals surface area contributed by atoms with Crippen molar-refractivity contribution >= 4 is 16.2 Å². The Bertz CT molecular complexity index is 748. The molecule has 0 saturated heterocycles. The van der Waals surface area contributed by atoms with Crippen molar-refractivity contribution in [3.63, 3.8) is 0 Å². The van der Waals surface area contributed by atoms with Crippen molar-refractivity contribution in [3.8, 4) is 5.75 Å². The number of nitrogens with zero attached hydrogens (tertiary/aromatic N) is 1. The summed E-state index contributed by atoms with van der Waals surface area (Å²) in [5.41, 5.74) is 1.72. The zero-order valence-electron chi connectivity index (χ0n) is 13.4. The van der Waals surface area contributed by atoms with Crippen LogP contribution in [0.4, 0.5) is 0 Å². The number of hydrogen-bond acceptors (Lipinski definition) is 3. The molecule has 0 amide bonds. The fraction of sp³-hybridized carbons (Fsp3) is 0.278. The summed E-state index contributed by atoms with van der Waals surface area (Å²) < 4.78 is 33.6. The molecular formula is C18H21NO3S. The van der Waals surface area contributed by atoms with Gasteiger partial charge in [0.05, 0.1) is 11.5 Å². The normalized spacial score (nSPS) is 11.7. The maximum absolute atomic E-state index is 12.1. The van der Waals surface area contributed by atoms with Crippen molar-refractivity contribution in [1.82, 2.24) is 0 Å². The van der Waals surface area contributed by atoms with Gasteiger partial charge in [-0.1, -0.05) is 31.0 Å². The third kappa shape index (κ3) is 5.21. The average molecular weight is 331 g/mol. The molecule has 2 aromatic rings. The van der Waals surface area contributed by atoms with Crippen molar-refractivity contribution in [2.24, 2.45) is 4.40 Å². The summed E-state index contributed by atoms with van der Waals surface area (Å²) in [6.45, 7) is 4.70. The molecule has 0 aliphatic heterocycles. The van der Waals surface area contributed by atoms with Crippen molar-refractivity contribution in [2.75, 3.05) is 6.61 Å². The van der Waals surface area contributed by atoms with Crippen LogP contribution in [0.5, 0.6) is 5.75 Å². The van der Waals surface area contributed by atoms with Crippen LogP contribution in [0, 0.1) is 6.92 Å². The van der Waals surface area contributed by atoms with Crippen LogP contribution in [0.25, 0.3) is 0 Å². The molecule has 4 nitrogen and oxygen atoms in total. The number of benzene rings is 2. The molecule has 0 aromatic heterocycles. The first-order valence-corrected chi connectivity index (χ1v) is 9.05. The molecule has 0 fully saturated rings. The lowest BCUT2D eigenvalue weighted by Gasteiger charge is -2.05. The molecular weight excluding hydrogens is 310 g/mol. The van der Waals surface area contributed by atoms with Crippen LogP contribution in [-0.2, 0) is 10.0 Å². The highest BCUT2D eigenvalue weighted by atomic mass is 32.2. The number of aryl methyl sites for hydroxylation is 1. The molecule has 0 aliphatic rings. The van der Waals surface area contributed by atoms with Gasteiger partial charge < -0.3 is 4.74 Å². The Morgan fingerprint density at radius 1 is 1.04 bits per heavy atom. The Kier molecular flexibility index (Phi) is 5.93. The average Bonchev–Trinajstić information content (AvgIpc) is 2.55. The third-order valence-corrected chi connectivity index (χ3v) is 4.56. The minimum absolute atomic E-state index is 0.193. The summed E-state index contributed by atoms with van der Waals surface area (Å²) in [5.74, 6) is 0.775. The fourth-order valence-electron chi connectivity index (χ4n) is 1.89. The molecule has 2 aromatic carbocycles. The van der Waals surface area contributed by atoms with Gasteiger partial charge in [0.25, 0.3) is 10.0 Å². The van der Waals surface area contributed by atoms with Gasteiger partial charge in [0.15, 0.2) is 0 Å². The third-order valence-electron chi connectivity index (χ3n) is 3.31. The Labute approximate surface area is 137 Å². The topological polar surface area (TPSA) is 55.7 Å². The van der Waals surface area contributed by atoms with Gasteiger partial charge >= 0.3 is 0 Å². The largest absolute Gasteiger partial charge is 0.494 e. The van der Waals surface area contributed by atoms with Gasteiger partial charge in [0.2, 0.25) is 0 Å². The zero-order valence-corrected chi connectivity index (χ0v) is 14.2. The molecule has 0 atom stereocenters. The highest BCUT2D eigenvalue weighted by Crippen LogP contribution is 2.15. The maximum atomic E-state index is 12.1. The molecule has 0 unspecified atom stereocenters. The maximum Gasteiger partial charge on any atom is 0.282 e. The SMILES string of the molecule is CCCCOc1ccc(/C=N\S(=O)(=O)c2ccc(C)cc2)cc1. The summed E-state index contributed by atoms with van der Waals surface area (Å²) in [6.07, 6.45) is 3.45. The molecule has 0 aliphatic carbocycles. The van der Waals surface area contributed by atoms with E-state index >= 15 is 0 Å². The van der Waals surface area contributed by atoms with E-state index < -0.39 is 10.0 Å². The highest BCUT2D eigenvalue weighted by Gasteiger charge is 2.10. The molecule has 5 heteroatoms. The molecule has 0 bridgehead atoms. The molecule has 0 radical (unpaired) electrons. The Balaban J connectivity index is 2.05. The zero-order chi connectivity index (χ0) is 16.7. The van der Waals surface area contributed by atoms with Crippen LogP contribution in [-0.4, -0.2) is 21.2 Å². The van der Waals surface area contributed by atoms with E-state index in [0.29, 0.717) is 12.2 Å². The summed E-state index contributed by atoms with van der Waals surface area (Å²) in [4.78, 5) is 0.193. The lowest BCUT2D eigenvalue weighted by molar-refractivity contribution is 0.309. The standard InChI is InChI=1S/C18H21NO3S/c1-3-4-13-22-17-9-7-16(8-10-17)14-19-23(20,21)18-11-5-15(2)6-12-18/h5-12,14H,3-4,13H2,1-2H3/b19-14-. The summed E-state index contributed by atoms with van der Waals surface area (Å²) in [6, 6.07) is 13.8. The lowest BCUT2D eigenvalue weighted by Crippen LogP contribution is -1.98. The Hall–Kier alpha value is -2.14. The van der Waals surface area contributed by atoms with Gasteiger partial charge in [0, 0.05) is 6.21 Å². The van der Waals surface area contributed by atoms with Gasteiger partial charge in [-0.25, -0.2) is 0 Å². The van der Waals surface area contributed by atoms with Gasteiger partial charge in [-0.3, -0.25) is 0 Å². The predicted molar refractivity (Wildman–Crippen MR) is 92.8 cm³/mol. The number of unbranched alkanes of at least 4 members (excludes halogenated alkanes) is 1. The number of hydrogen-bond donors (Lipinski definition) is 0. The van der Waals surface area contributed by atoms with E-state index in [-0.39, 0.29) is 4.90 Å². The molecule has 2 rings (SSSR count). The minimum Gasteiger partial charge on any atom is -0.494 e. The molecule has 0 saturated carbocycles. The van der Waals surface area contributed by atoms with E-state index in [9.17, 15) is 8.42 Å². The molecule has 0 heterocycles. The van der Waals surface area contributed by atoms with Gasteiger partial charge in [-0.15, -0.1) is 0 Å². The first kappa shape index (κ1) is 17.2. The van der Waals surface area contributed by atoms with E-state index in [0.717, 1.165) is 24.2 Å². The van der Waals surface area contributed by atoms with Crippen molar-refractivity contribution in [2.45, 2.75) is 31.6 Å². The quantitative estimate of drug-likeness (QED) is 0.569. The van der Waals surface area contributed by atoms with Crippen molar-refractivity contribution in [3.05, 3.63) is 59.7 Å². The number of rotatable bonds is 7. The second-order valence-corrected chi connectivity index (χ2v) is 6.93. The van der Waals surface area contributed by atoms with E-state index in [4.69, 9.17) is 4.74 Å². The van der Waals surface area contributed by atoms with Gasteiger partial charge in [0.1, 0.15) is 5.75 Å². The van der Waals surface area contributed by atoms with Crippen molar-refractivity contribution < 1.29 is 13.2 Å². The van der Waals surface area contributed by atoms with Gasteiger partial charge in [-0.05, 0) is 55.3 Å². The first-order valence-electron chi connectivity index (χ1n) is 7.61. The van der Waals surface area contributed by atoms with Crippen LogP contribution in [0.3, 0.4) is 0 Å². The molecule has 122 valence electrons. The van der Waals surface area contributed by atoms with Crippen molar-refractivity contribution in [1.29, 1.82) is 0 Å². The summed E-state index contributed by atoms with van der Waals surface area (Å²) in [7, 11) is -3.66. The lowest BCUT2D eigenvalue weighted by atomic mass is 10.2. The summed E-state index contributed by atoms with van der Waals surface area (Å²) >= 11 is 0. The van der Waals surface area contributed by atoms with E-state index in [1.165, 1.54) is 6.21 Å². The van der Waals surface area contributed by atoms with Crippen LogP contribution in [0.15, 0.2) is 57.8 Å². The molecule has 23 heavy (non-hydrogen) atoms. The fourth-order valence-corrected chi connectivity index (χ4v) is 2.75. The second-order valence-electron chi connectivity index (χ2n) is 5.29. The Morgan fingerprint density at radius 2 is 1.70 bits per heavy atom. The van der Waals surface area contributed by atoms with E-state index in [1.807, 2.05) is 19.1 Å². The smallest absolute Gasteiger partial charge is 0.282 e. The van der Waals surface area contributed by atoms with Crippen LogP contribution < -0.4 is 4.74 Å². The highest BCUT2D eigenvalue weighted by molar-refractivity contribution is 7.90. The Morgan fingerprint density at radius 3 is 2.30 bits per heavy atom. The van der Waals surface area contributed by atoms with Crippen LogP contribution in [0.1, 0.15) is 30.9 Å². The van der Waals surface area contributed by atoms with E-state index in [2.05, 4.69) is 11.3 Å². The van der Waals surface area contributed by atoms with Gasteiger partial charge in [-0.2, -0.15) is 12.8 Å². The monoisotopic (exact) mass is 331 g/mol. The minimum atomic E-state index is -3.66. The molecule has 0 spiro atoms. The molecule has 0 N–H and O–H groups in total. The number of sulfonamides is 1. The van der Waals surface area contributed by atoms with E-state index in [1.54, 1.807) is 36.4 Å². The summed E-state index contributed by atoms with van der Waals surface area (Å²) in [5, 5.41) is 0.